The lowest BCUT2D eigenvalue weighted by molar-refractivity contribution is 0.266. The molecule has 0 bridgehead atoms. The smallest absolute Gasteiger partial charge is 0.166 e. The summed E-state index contributed by atoms with van der Waals surface area (Å²) in [5, 5.41) is 4.22. The van der Waals surface area contributed by atoms with Gasteiger partial charge >= 0.3 is 0 Å². The highest BCUT2D eigenvalue weighted by molar-refractivity contribution is 6.31. The van der Waals surface area contributed by atoms with Gasteiger partial charge in [-0.1, -0.05) is 72.3 Å². The van der Waals surface area contributed by atoms with Gasteiger partial charge in [0, 0.05) is 22.7 Å². The SMILES string of the molecule is CCOc1cccc(CNCCc2ccccc2)c1OCc1ccccc1Cl.Cl. The lowest BCUT2D eigenvalue weighted by Crippen LogP contribution is -2.17. The maximum Gasteiger partial charge on any atom is 0.166 e. The Hall–Kier alpha value is -2.20. The summed E-state index contributed by atoms with van der Waals surface area (Å²) in [6.45, 7) is 4.58. The molecular formula is C24H27Cl2NO2. The molecule has 0 saturated carbocycles. The van der Waals surface area contributed by atoms with E-state index < -0.39 is 0 Å². The molecule has 1 N–H and O–H groups in total. The second-order valence-electron chi connectivity index (χ2n) is 6.47. The number of benzene rings is 3. The lowest BCUT2D eigenvalue weighted by Gasteiger charge is -2.17. The van der Waals surface area contributed by atoms with Crippen LogP contribution in [0, 0.1) is 0 Å². The van der Waals surface area contributed by atoms with E-state index in [2.05, 4.69) is 35.6 Å². The monoisotopic (exact) mass is 431 g/mol. The van der Waals surface area contributed by atoms with Crippen LogP contribution >= 0.6 is 24.0 Å². The molecule has 0 aliphatic carbocycles. The van der Waals surface area contributed by atoms with Gasteiger partial charge in [0.25, 0.3) is 0 Å². The first-order chi connectivity index (χ1) is 13.8. The molecule has 0 spiro atoms. The topological polar surface area (TPSA) is 30.5 Å². The fourth-order valence-electron chi connectivity index (χ4n) is 3.00. The van der Waals surface area contributed by atoms with E-state index in [0.29, 0.717) is 24.8 Å². The third kappa shape index (κ3) is 6.97. The van der Waals surface area contributed by atoms with Crippen molar-refractivity contribution in [3.05, 3.63) is 94.5 Å². The van der Waals surface area contributed by atoms with Crippen molar-refractivity contribution >= 4 is 24.0 Å². The molecule has 0 aliphatic heterocycles. The number of halogens is 2. The van der Waals surface area contributed by atoms with Crippen LogP contribution < -0.4 is 14.8 Å². The molecule has 0 aliphatic rings. The van der Waals surface area contributed by atoms with Crippen LogP contribution in [-0.2, 0) is 19.6 Å². The highest BCUT2D eigenvalue weighted by Crippen LogP contribution is 2.32. The maximum atomic E-state index is 6.27. The fraction of sp³-hybridized carbons (Fsp3) is 0.250. The van der Waals surface area contributed by atoms with Crippen molar-refractivity contribution in [2.45, 2.75) is 26.5 Å². The quantitative estimate of drug-likeness (QED) is 0.395. The normalized spacial score (nSPS) is 10.3. The molecule has 0 saturated heterocycles. The van der Waals surface area contributed by atoms with Crippen LogP contribution in [0.5, 0.6) is 11.5 Å². The number of para-hydroxylation sites is 1. The van der Waals surface area contributed by atoms with Gasteiger partial charge in [-0.2, -0.15) is 0 Å². The molecule has 0 amide bonds. The first-order valence-corrected chi connectivity index (χ1v) is 10.0. The number of hydrogen-bond donors (Lipinski definition) is 1. The molecule has 154 valence electrons. The summed E-state index contributed by atoms with van der Waals surface area (Å²) < 4.78 is 11.9. The Kier molecular flexibility index (Phi) is 9.85. The average Bonchev–Trinajstić information content (AvgIpc) is 2.73. The first kappa shape index (κ1) is 23.1. The van der Waals surface area contributed by atoms with Crippen LogP contribution in [0.25, 0.3) is 0 Å². The predicted molar refractivity (Wildman–Crippen MR) is 122 cm³/mol. The Morgan fingerprint density at radius 3 is 2.31 bits per heavy atom. The minimum Gasteiger partial charge on any atom is -0.490 e. The molecule has 29 heavy (non-hydrogen) atoms. The molecular weight excluding hydrogens is 405 g/mol. The van der Waals surface area contributed by atoms with Gasteiger partial charge in [0.1, 0.15) is 6.61 Å². The van der Waals surface area contributed by atoms with Crippen LogP contribution in [0.2, 0.25) is 5.02 Å². The predicted octanol–water partition coefficient (Wildman–Crippen LogP) is 6.07. The van der Waals surface area contributed by atoms with E-state index in [1.54, 1.807) is 0 Å². The third-order valence-corrected chi connectivity index (χ3v) is 4.81. The zero-order valence-electron chi connectivity index (χ0n) is 16.6. The zero-order chi connectivity index (χ0) is 19.6. The molecule has 0 unspecified atom stereocenters. The summed E-state index contributed by atoms with van der Waals surface area (Å²) in [6.07, 6.45) is 0.988. The largest absolute Gasteiger partial charge is 0.490 e. The van der Waals surface area contributed by atoms with E-state index in [9.17, 15) is 0 Å². The standard InChI is InChI=1S/C24H26ClNO2.ClH/c1-2-27-23-14-8-12-20(17-26-16-15-19-9-4-3-5-10-19)24(23)28-18-21-11-6-7-13-22(21)25;/h3-14,26H,2,15-18H2,1H3;1H. The van der Waals surface area contributed by atoms with Crippen LogP contribution in [0.4, 0.5) is 0 Å². The summed E-state index contributed by atoms with van der Waals surface area (Å²) in [5.74, 6) is 1.54. The van der Waals surface area contributed by atoms with Gasteiger partial charge in [-0.15, -0.1) is 12.4 Å². The minimum atomic E-state index is 0. The molecule has 3 aromatic rings. The van der Waals surface area contributed by atoms with E-state index in [4.69, 9.17) is 21.1 Å². The van der Waals surface area contributed by atoms with Crippen LogP contribution in [-0.4, -0.2) is 13.2 Å². The Morgan fingerprint density at radius 1 is 0.828 bits per heavy atom. The average molecular weight is 432 g/mol. The second-order valence-corrected chi connectivity index (χ2v) is 6.88. The lowest BCUT2D eigenvalue weighted by atomic mass is 10.1. The second kappa shape index (κ2) is 12.4. The zero-order valence-corrected chi connectivity index (χ0v) is 18.1. The Bertz CT molecular complexity index is 872. The van der Waals surface area contributed by atoms with E-state index in [1.807, 2.05) is 49.4 Å². The van der Waals surface area contributed by atoms with Crippen LogP contribution in [0.3, 0.4) is 0 Å². The molecule has 3 nitrogen and oxygen atoms in total. The molecule has 0 heterocycles. The highest BCUT2D eigenvalue weighted by Gasteiger charge is 2.12. The Balaban J connectivity index is 0.00000300. The Morgan fingerprint density at radius 2 is 1.55 bits per heavy atom. The number of hydrogen-bond acceptors (Lipinski definition) is 3. The summed E-state index contributed by atoms with van der Waals surface area (Å²) in [6, 6.07) is 24.2. The summed E-state index contributed by atoms with van der Waals surface area (Å²) in [4.78, 5) is 0. The third-order valence-electron chi connectivity index (χ3n) is 4.44. The number of rotatable bonds is 10. The molecule has 0 radical (unpaired) electrons. The number of ether oxygens (including phenoxy) is 2. The molecule has 0 atom stereocenters. The molecule has 3 rings (SSSR count). The van der Waals surface area contributed by atoms with Gasteiger partial charge in [-0.3, -0.25) is 0 Å². The minimum absolute atomic E-state index is 0. The maximum absolute atomic E-state index is 6.27. The number of nitrogens with one attached hydrogen (secondary N) is 1. The van der Waals surface area contributed by atoms with Gasteiger partial charge in [-0.25, -0.2) is 0 Å². The summed E-state index contributed by atoms with van der Waals surface area (Å²) in [7, 11) is 0. The summed E-state index contributed by atoms with van der Waals surface area (Å²) >= 11 is 6.27. The highest BCUT2D eigenvalue weighted by atomic mass is 35.5. The van der Waals surface area contributed by atoms with E-state index in [1.165, 1.54) is 5.56 Å². The molecule has 0 aromatic heterocycles. The van der Waals surface area contributed by atoms with Crippen molar-refractivity contribution in [3.63, 3.8) is 0 Å². The fourth-order valence-corrected chi connectivity index (χ4v) is 3.19. The van der Waals surface area contributed by atoms with Crippen molar-refractivity contribution in [2.24, 2.45) is 0 Å². The van der Waals surface area contributed by atoms with Crippen molar-refractivity contribution in [1.29, 1.82) is 0 Å². The van der Waals surface area contributed by atoms with Gasteiger partial charge in [0.05, 0.1) is 6.61 Å². The molecule has 5 heteroatoms. The molecule has 3 aromatic carbocycles. The first-order valence-electron chi connectivity index (χ1n) is 9.63. The van der Waals surface area contributed by atoms with Crippen molar-refractivity contribution < 1.29 is 9.47 Å². The van der Waals surface area contributed by atoms with Crippen LogP contribution in [0.1, 0.15) is 23.6 Å². The summed E-state index contributed by atoms with van der Waals surface area (Å²) in [5.41, 5.74) is 3.36. The van der Waals surface area contributed by atoms with E-state index >= 15 is 0 Å². The van der Waals surface area contributed by atoms with Crippen molar-refractivity contribution in [1.82, 2.24) is 5.32 Å². The van der Waals surface area contributed by atoms with Crippen molar-refractivity contribution in [2.75, 3.05) is 13.2 Å². The van der Waals surface area contributed by atoms with Crippen molar-refractivity contribution in [3.8, 4) is 11.5 Å². The van der Waals surface area contributed by atoms with Crippen LogP contribution in [0.15, 0.2) is 72.8 Å². The van der Waals surface area contributed by atoms with Gasteiger partial charge in [0.2, 0.25) is 0 Å². The molecule has 0 fully saturated rings. The van der Waals surface area contributed by atoms with E-state index in [0.717, 1.165) is 35.6 Å². The van der Waals surface area contributed by atoms with E-state index in [-0.39, 0.29) is 12.4 Å². The van der Waals surface area contributed by atoms with Gasteiger partial charge in [0.15, 0.2) is 11.5 Å². The van der Waals surface area contributed by atoms with Gasteiger partial charge < -0.3 is 14.8 Å². The van der Waals surface area contributed by atoms with Gasteiger partial charge in [-0.05, 0) is 37.6 Å². The Labute approximate surface area is 184 Å².